The summed E-state index contributed by atoms with van der Waals surface area (Å²) in [4.78, 5) is 12.2. The molecular formula is C20H29NO2. The van der Waals surface area contributed by atoms with E-state index in [2.05, 4.69) is 35.6 Å². The van der Waals surface area contributed by atoms with E-state index in [1.165, 1.54) is 24.8 Å². The van der Waals surface area contributed by atoms with Gasteiger partial charge < -0.3 is 10.4 Å². The lowest BCUT2D eigenvalue weighted by molar-refractivity contribution is -0.128. The van der Waals surface area contributed by atoms with Gasteiger partial charge in [0, 0.05) is 12.0 Å². The van der Waals surface area contributed by atoms with Crippen molar-refractivity contribution in [1.82, 2.24) is 5.32 Å². The fraction of sp³-hybridized carbons (Fsp3) is 0.650. The fourth-order valence-corrected chi connectivity index (χ4v) is 3.99. The first-order valence-corrected chi connectivity index (χ1v) is 9.23. The summed E-state index contributed by atoms with van der Waals surface area (Å²) >= 11 is 0. The van der Waals surface area contributed by atoms with Gasteiger partial charge in [0.15, 0.2) is 0 Å². The predicted octanol–water partition coefficient (Wildman–Crippen LogP) is 3.46. The van der Waals surface area contributed by atoms with Crippen molar-refractivity contribution < 1.29 is 9.90 Å². The molecule has 2 aliphatic rings. The summed E-state index contributed by atoms with van der Waals surface area (Å²) in [6.45, 7) is 0. The largest absolute Gasteiger partial charge is 0.393 e. The van der Waals surface area contributed by atoms with Crippen molar-refractivity contribution in [2.75, 3.05) is 0 Å². The zero-order valence-electron chi connectivity index (χ0n) is 13.9. The summed E-state index contributed by atoms with van der Waals surface area (Å²) < 4.78 is 0. The van der Waals surface area contributed by atoms with Gasteiger partial charge in [-0.15, -0.1) is 0 Å². The van der Waals surface area contributed by atoms with Crippen LogP contribution >= 0.6 is 0 Å². The highest BCUT2D eigenvalue weighted by Crippen LogP contribution is 2.33. The Kier molecular flexibility index (Phi) is 5.71. The van der Waals surface area contributed by atoms with Crippen LogP contribution in [-0.2, 0) is 11.2 Å². The standard InChI is InChI=1S/C20H29NO2/c22-19-11-9-17(10-12-19)20(23)21-18-13-16(14-18)8-4-7-15-5-2-1-3-6-15/h1-3,5-6,16-19,22H,4,7-14H2,(H,21,23). The summed E-state index contributed by atoms with van der Waals surface area (Å²) in [6.07, 6.45) is 9.06. The Morgan fingerprint density at radius 2 is 1.78 bits per heavy atom. The quantitative estimate of drug-likeness (QED) is 0.844. The molecule has 3 rings (SSSR count). The van der Waals surface area contributed by atoms with Crippen molar-refractivity contribution in [3.8, 4) is 0 Å². The molecule has 126 valence electrons. The molecule has 0 aliphatic heterocycles. The Bertz CT molecular complexity index is 488. The van der Waals surface area contributed by atoms with Crippen molar-refractivity contribution in [1.29, 1.82) is 0 Å². The molecule has 2 aliphatic carbocycles. The molecule has 0 saturated heterocycles. The van der Waals surface area contributed by atoms with Crippen LogP contribution in [0.3, 0.4) is 0 Å². The highest BCUT2D eigenvalue weighted by molar-refractivity contribution is 5.79. The minimum Gasteiger partial charge on any atom is -0.393 e. The summed E-state index contributed by atoms with van der Waals surface area (Å²) in [5.74, 6) is 1.15. The predicted molar refractivity (Wildman–Crippen MR) is 92.0 cm³/mol. The zero-order valence-corrected chi connectivity index (χ0v) is 13.9. The van der Waals surface area contributed by atoms with Gasteiger partial charge in [-0.25, -0.2) is 0 Å². The van der Waals surface area contributed by atoms with Crippen LogP contribution in [0.4, 0.5) is 0 Å². The van der Waals surface area contributed by atoms with Gasteiger partial charge in [-0.1, -0.05) is 30.3 Å². The Hall–Kier alpha value is -1.35. The lowest BCUT2D eigenvalue weighted by Crippen LogP contribution is -2.47. The first-order valence-electron chi connectivity index (χ1n) is 9.23. The minimum atomic E-state index is -0.184. The molecule has 3 heteroatoms. The molecule has 0 atom stereocenters. The van der Waals surface area contributed by atoms with E-state index in [1.807, 2.05) is 0 Å². The molecule has 0 heterocycles. The number of carbonyl (C=O) groups excluding carboxylic acids is 1. The second-order valence-electron chi connectivity index (χ2n) is 7.43. The van der Waals surface area contributed by atoms with Gasteiger partial charge in [0.1, 0.15) is 0 Å². The van der Waals surface area contributed by atoms with Crippen molar-refractivity contribution in [2.45, 2.75) is 69.9 Å². The van der Waals surface area contributed by atoms with E-state index in [9.17, 15) is 9.90 Å². The number of aliphatic hydroxyl groups is 1. The molecule has 1 aromatic carbocycles. The molecule has 0 unspecified atom stereocenters. The van der Waals surface area contributed by atoms with Crippen LogP contribution in [-0.4, -0.2) is 23.2 Å². The summed E-state index contributed by atoms with van der Waals surface area (Å²) in [5.41, 5.74) is 1.43. The lowest BCUT2D eigenvalue weighted by atomic mass is 9.76. The number of aryl methyl sites for hydroxylation is 1. The average molecular weight is 315 g/mol. The molecule has 2 fully saturated rings. The lowest BCUT2D eigenvalue weighted by Gasteiger charge is -2.37. The Morgan fingerprint density at radius 1 is 1.09 bits per heavy atom. The van der Waals surface area contributed by atoms with Gasteiger partial charge >= 0.3 is 0 Å². The normalized spacial score (nSPS) is 30.5. The molecule has 3 nitrogen and oxygen atoms in total. The molecule has 0 aromatic heterocycles. The third kappa shape index (κ3) is 4.81. The van der Waals surface area contributed by atoms with E-state index in [1.54, 1.807) is 0 Å². The van der Waals surface area contributed by atoms with Crippen LogP contribution in [0.25, 0.3) is 0 Å². The van der Waals surface area contributed by atoms with Gasteiger partial charge in [0.2, 0.25) is 5.91 Å². The molecule has 1 aromatic rings. The molecule has 0 radical (unpaired) electrons. The van der Waals surface area contributed by atoms with E-state index >= 15 is 0 Å². The topological polar surface area (TPSA) is 49.3 Å². The number of benzene rings is 1. The van der Waals surface area contributed by atoms with Crippen molar-refractivity contribution in [2.24, 2.45) is 11.8 Å². The highest BCUT2D eigenvalue weighted by atomic mass is 16.3. The van der Waals surface area contributed by atoms with Crippen LogP contribution in [0.5, 0.6) is 0 Å². The molecule has 2 saturated carbocycles. The molecule has 1 amide bonds. The maximum atomic E-state index is 12.2. The number of amides is 1. The van der Waals surface area contributed by atoms with Gasteiger partial charge in [-0.05, 0) is 69.3 Å². The zero-order chi connectivity index (χ0) is 16.1. The van der Waals surface area contributed by atoms with E-state index < -0.39 is 0 Å². The number of hydrogen-bond acceptors (Lipinski definition) is 2. The maximum Gasteiger partial charge on any atom is 0.223 e. The highest BCUT2D eigenvalue weighted by Gasteiger charge is 2.32. The molecule has 23 heavy (non-hydrogen) atoms. The number of hydrogen-bond donors (Lipinski definition) is 2. The monoisotopic (exact) mass is 315 g/mol. The van der Waals surface area contributed by atoms with Gasteiger partial charge in [0.25, 0.3) is 0 Å². The van der Waals surface area contributed by atoms with Crippen molar-refractivity contribution in [3.63, 3.8) is 0 Å². The summed E-state index contributed by atoms with van der Waals surface area (Å²) in [7, 11) is 0. The number of nitrogens with one attached hydrogen (secondary N) is 1. The first kappa shape index (κ1) is 16.5. The molecular weight excluding hydrogens is 286 g/mol. The second kappa shape index (κ2) is 7.96. The molecule has 2 N–H and O–H groups in total. The first-order chi connectivity index (χ1) is 11.2. The van der Waals surface area contributed by atoms with E-state index in [4.69, 9.17) is 0 Å². The van der Waals surface area contributed by atoms with Gasteiger partial charge in [0.05, 0.1) is 6.10 Å². The Balaban J connectivity index is 1.28. The van der Waals surface area contributed by atoms with Crippen LogP contribution in [0, 0.1) is 11.8 Å². The van der Waals surface area contributed by atoms with Crippen molar-refractivity contribution >= 4 is 5.91 Å². The van der Waals surface area contributed by atoms with Crippen LogP contribution in [0.1, 0.15) is 56.9 Å². The van der Waals surface area contributed by atoms with Gasteiger partial charge in [-0.3, -0.25) is 4.79 Å². The molecule has 0 spiro atoms. The third-order valence-corrected chi connectivity index (χ3v) is 5.57. The number of carbonyl (C=O) groups is 1. The van der Waals surface area contributed by atoms with Gasteiger partial charge in [-0.2, -0.15) is 0 Å². The fourth-order valence-electron chi connectivity index (χ4n) is 3.99. The average Bonchev–Trinajstić information content (AvgIpc) is 2.54. The van der Waals surface area contributed by atoms with Crippen LogP contribution < -0.4 is 5.32 Å². The Labute approximate surface area is 139 Å². The maximum absolute atomic E-state index is 12.2. The number of rotatable bonds is 6. The Morgan fingerprint density at radius 3 is 2.48 bits per heavy atom. The van der Waals surface area contributed by atoms with E-state index in [0.717, 1.165) is 44.4 Å². The van der Waals surface area contributed by atoms with E-state index in [0.29, 0.717) is 6.04 Å². The summed E-state index contributed by atoms with van der Waals surface area (Å²) in [5, 5.41) is 12.7. The smallest absolute Gasteiger partial charge is 0.223 e. The van der Waals surface area contributed by atoms with Crippen molar-refractivity contribution in [3.05, 3.63) is 35.9 Å². The van der Waals surface area contributed by atoms with Crippen LogP contribution in [0.15, 0.2) is 30.3 Å². The van der Waals surface area contributed by atoms with Crippen LogP contribution in [0.2, 0.25) is 0 Å². The number of aliphatic hydroxyl groups excluding tert-OH is 1. The SMILES string of the molecule is O=C(NC1CC(CCCc2ccccc2)C1)C1CCC(O)CC1. The minimum absolute atomic E-state index is 0.135. The third-order valence-electron chi connectivity index (χ3n) is 5.57. The molecule has 0 bridgehead atoms. The van der Waals surface area contributed by atoms with E-state index in [-0.39, 0.29) is 17.9 Å². The summed E-state index contributed by atoms with van der Waals surface area (Å²) in [6, 6.07) is 11.1. The second-order valence-corrected chi connectivity index (χ2v) is 7.43.